The van der Waals surface area contributed by atoms with Crippen LogP contribution < -0.4 is 0 Å². The first-order valence-corrected chi connectivity index (χ1v) is 10.9. The second-order valence-corrected chi connectivity index (χ2v) is 8.79. The molecule has 1 spiro atoms. The molecule has 3 fully saturated rings. The molecule has 0 amide bonds. The Hall–Kier alpha value is -2.08. The molecule has 5 heteroatoms. The van der Waals surface area contributed by atoms with Gasteiger partial charge in [-0.05, 0) is 31.2 Å². The lowest BCUT2D eigenvalue weighted by atomic mass is 9.84. The Morgan fingerprint density at radius 2 is 1.83 bits per heavy atom. The minimum absolute atomic E-state index is 0.0271. The number of fused-ring (bicyclic) bond motifs is 2. The number of morpholine rings is 1. The van der Waals surface area contributed by atoms with Crippen LogP contribution in [0.15, 0.2) is 55.1 Å². The molecule has 29 heavy (non-hydrogen) atoms. The molecule has 2 aromatic rings. The van der Waals surface area contributed by atoms with Crippen LogP contribution in [0.5, 0.6) is 0 Å². The number of aromatic nitrogens is 2. The highest BCUT2D eigenvalue weighted by Gasteiger charge is 2.50. The molecule has 152 valence electrons. The quantitative estimate of drug-likeness (QED) is 0.783. The maximum absolute atomic E-state index is 6.46. The molecule has 0 radical (unpaired) electrons. The highest BCUT2D eigenvalue weighted by Crippen LogP contribution is 2.44. The van der Waals surface area contributed by atoms with Gasteiger partial charge in [0.15, 0.2) is 0 Å². The lowest BCUT2D eigenvalue weighted by Gasteiger charge is -2.50. The fourth-order valence-electron chi connectivity index (χ4n) is 5.54. The van der Waals surface area contributed by atoms with E-state index in [-0.39, 0.29) is 5.60 Å². The topological polar surface area (TPSA) is 41.5 Å². The van der Waals surface area contributed by atoms with Crippen molar-refractivity contribution in [3.63, 3.8) is 0 Å². The summed E-state index contributed by atoms with van der Waals surface area (Å²) in [6.07, 6.45) is 15.0. The molecule has 3 aliphatic heterocycles. The third kappa shape index (κ3) is 4.27. The van der Waals surface area contributed by atoms with Gasteiger partial charge in [-0.2, -0.15) is 0 Å². The number of piperidine rings is 1. The molecule has 5 rings (SSSR count). The van der Waals surface area contributed by atoms with Crippen LogP contribution in [-0.2, 0) is 11.3 Å². The molecule has 1 aromatic carbocycles. The first-order valence-electron chi connectivity index (χ1n) is 10.9. The zero-order valence-electron chi connectivity index (χ0n) is 17.0. The Balaban J connectivity index is 1.21. The standard InChI is InChI=1S/C24H30N4O/c1-2-5-20(6-3-1)7-4-10-28-22-8-9-23(28)14-24(13-22)18-27(11-12-29-24)17-21-15-25-19-26-16-21/h1-7,15-16,19,22-23H,8-14,17-18H2/b7-4+/t22-,23+,24?. The summed E-state index contributed by atoms with van der Waals surface area (Å²) in [5.74, 6) is 0. The molecule has 0 N–H and O–H groups in total. The Bertz CT molecular complexity index is 811. The Morgan fingerprint density at radius 3 is 2.59 bits per heavy atom. The van der Waals surface area contributed by atoms with Crippen LogP contribution in [0.25, 0.3) is 6.08 Å². The third-order valence-corrected chi connectivity index (χ3v) is 6.76. The summed E-state index contributed by atoms with van der Waals surface area (Å²) in [6, 6.07) is 11.9. The van der Waals surface area contributed by atoms with Gasteiger partial charge in [-0.3, -0.25) is 9.80 Å². The maximum atomic E-state index is 6.46. The molecule has 3 atom stereocenters. The van der Waals surface area contributed by atoms with Crippen molar-refractivity contribution in [1.82, 2.24) is 19.8 Å². The minimum atomic E-state index is 0.0271. The number of hydrogen-bond acceptors (Lipinski definition) is 5. The second-order valence-electron chi connectivity index (χ2n) is 8.79. The SMILES string of the molecule is C(=C\c1ccccc1)/CN1[C@@H]2CC[C@H]1CC1(C2)CN(Cc2cncnc2)CCO1. The third-order valence-electron chi connectivity index (χ3n) is 6.76. The monoisotopic (exact) mass is 390 g/mol. The van der Waals surface area contributed by atoms with Crippen molar-refractivity contribution in [3.05, 3.63) is 66.3 Å². The van der Waals surface area contributed by atoms with E-state index in [9.17, 15) is 0 Å². The van der Waals surface area contributed by atoms with Crippen molar-refractivity contribution in [2.24, 2.45) is 0 Å². The van der Waals surface area contributed by atoms with Crippen LogP contribution in [0, 0.1) is 0 Å². The zero-order chi connectivity index (χ0) is 19.5. The van der Waals surface area contributed by atoms with Gasteiger partial charge in [0.1, 0.15) is 6.33 Å². The fraction of sp³-hybridized carbons (Fsp3) is 0.500. The van der Waals surface area contributed by atoms with Gasteiger partial charge < -0.3 is 4.74 Å². The van der Waals surface area contributed by atoms with Crippen LogP contribution in [0.3, 0.4) is 0 Å². The van der Waals surface area contributed by atoms with Gasteiger partial charge in [-0.1, -0.05) is 42.5 Å². The predicted octanol–water partition coefficient (Wildman–Crippen LogP) is 3.39. The van der Waals surface area contributed by atoms with Crippen molar-refractivity contribution in [2.45, 2.75) is 49.9 Å². The van der Waals surface area contributed by atoms with Gasteiger partial charge in [0.25, 0.3) is 0 Å². The highest BCUT2D eigenvalue weighted by atomic mass is 16.5. The van der Waals surface area contributed by atoms with Gasteiger partial charge in [-0.15, -0.1) is 0 Å². The van der Waals surface area contributed by atoms with E-state index in [2.05, 4.69) is 62.3 Å². The maximum Gasteiger partial charge on any atom is 0.115 e. The van der Waals surface area contributed by atoms with Gasteiger partial charge in [0.05, 0.1) is 12.2 Å². The number of ether oxygens (including phenoxy) is 1. The molecule has 0 saturated carbocycles. The number of rotatable bonds is 5. The average molecular weight is 391 g/mol. The van der Waals surface area contributed by atoms with Gasteiger partial charge in [0.2, 0.25) is 0 Å². The Morgan fingerprint density at radius 1 is 1.07 bits per heavy atom. The molecule has 1 unspecified atom stereocenters. The summed E-state index contributed by atoms with van der Waals surface area (Å²) in [4.78, 5) is 13.6. The molecule has 3 saturated heterocycles. The van der Waals surface area contributed by atoms with E-state index in [1.165, 1.54) is 24.0 Å². The van der Waals surface area contributed by atoms with Gasteiger partial charge in [-0.25, -0.2) is 9.97 Å². The van der Waals surface area contributed by atoms with Crippen molar-refractivity contribution in [2.75, 3.05) is 26.2 Å². The van der Waals surface area contributed by atoms with Crippen LogP contribution >= 0.6 is 0 Å². The van der Waals surface area contributed by atoms with Crippen LogP contribution in [0.2, 0.25) is 0 Å². The van der Waals surface area contributed by atoms with E-state index >= 15 is 0 Å². The molecule has 2 bridgehead atoms. The first-order chi connectivity index (χ1) is 14.3. The Labute approximate surface area is 173 Å². The number of hydrogen-bond donors (Lipinski definition) is 0. The van der Waals surface area contributed by atoms with E-state index in [0.29, 0.717) is 12.1 Å². The molecule has 5 nitrogen and oxygen atoms in total. The highest BCUT2D eigenvalue weighted by molar-refractivity contribution is 5.48. The lowest BCUT2D eigenvalue weighted by Crippen LogP contribution is -2.59. The van der Waals surface area contributed by atoms with Crippen molar-refractivity contribution >= 4 is 6.08 Å². The van der Waals surface area contributed by atoms with Crippen LogP contribution in [-0.4, -0.2) is 63.7 Å². The van der Waals surface area contributed by atoms with E-state index < -0.39 is 0 Å². The van der Waals surface area contributed by atoms with Gasteiger partial charge in [0, 0.05) is 56.2 Å². The Kier molecular flexibility index (Phi) is 5.44. The smallest absolute Gasteiger partial charge is 0.115 e. The predicted molar refractivity (Wildman–Crippen MR) is 114 cm³/mol. The van der Waals surface area contributed by atoms with Crippen LogP contribution in [0.1, 0.15) is 36.8 Å². The number of benzene rings is 1. The zero-order valence-corrected chi connectivity index (χ0v) is 17.0. The van der Waals surface area contributed by atoms with E-state index in [1.54, 1.807) is 6.33 Å². The second kappa shape index (κ2) is 8.34. The van der Waals surface area contributed by atoms with Gasteiger partial charge >= 0.3 is 0 Å². The summed E-state index contributed by atoms with van der Waals surface area (Å²) in [6.45, 7) is 4.83. The van der Waals surface area contributed by atoms with Crippen LogP contribution in [0.4, 0.5) is 0 Å². The first kappa shape index (κ1) is 18.9. The average Bonchev–Trinajstić information content (AvgIpc) is 3.00. The number of nitrogens with zero attached hydrogens (tertiary/aromatic N) is 4. The normalized spacial score (nSPS) is 30.3. The summed E-state index contributed by atoms with van der Waals surface area (Å²) >= 11 is 0. The molecule has 1 aromatic heterocycles. The molecule has 0 aliphatic carbocycles. The molecular formula is C24H30N4O. The van der Waals surface area contributed by atoms with Crippen molar-refractivity contribution in [3.8, 4) is 0 Å². The van der Waals surface area contributed by atoms with E-state index in [1.807, 2.05) is 12.4 Å². The summed E-state index contributed by atoms with van der Waals surface area (Å²) in [5.41, 5.74) is 2.50. The summed E-state index contributed by atoms with van der Waals surface area (Å²) in [7, 11) is 0. The molecule has 3 aliphatic rings. The minimum Gasteiger partial charge on any atom is -0.372 e. The lowest BCUT2D eigenvalue weighted by molar-refractivity contribution is -0.150. The van der Waals surface area contributed by atoms with Crippen molar-refractivity contribution < 1.29 is 4.74 Å². The summed E-state index contributed by atoms with van der Waals surface area (Å²) < 4.78 is 6.46. The summed E-state index contributed by atoms with van der Waals surface area (Å²) in [5, 5.41) is 0. The van der Waals surface area contributed by atoms with E-state index in [0.717, 1.165) is 45.6 Å². The fourth-order valence-corrected chi connectivity index (χ4v) is 5.54. The van der Waals surface area contributed by atoms with Crippen molar-refractivity contribution in [1.29, 1.82) is 0 Å². The van der Waals surface area contributed by atoms with E-state index in [4.69, 9.17) is 4.74 Å². The molecular weight excluding hydrogens is 360 g/mol. The molecule has 4 heterocycles. The largest absolute Gasteiger partial charge is 0.372 e.